The number of hydrogen-bond donors (Lipinski definition) is 2. The van der Waals surface area contributed by atoms with E-state index in [4.69, 9.17) is 4.74 Å². The highest BCUT2D eigenvalue weighted by Gasteiger charge is 2.19. The predicted octanol–water partition coefficient (Wildman–Crippen LogP) is 1.96. The summed E-state index contributed by atoms with van der Waals surface area (Å²) < 4.78 is 5.00. The number of thiophene rings is 1. The zero-order valence-corrected chi connectivity index (χ0v) is 12.1. The second kappa shape index (κ2) is 7.91. The van der Waals surface area contributed by atoms with Crippen molar-refractivity contribution in [3.8, 4) is 0 Å². The van der Waals surface area contributed by atoms with Gasteiger partial charge >= 0.3 is 0 Å². The molecule has 0 saturated carbocycles. The van der Waals surface area contributed by atoms with Gasteiger partial charge in [0.2, 0.25) is 0 Å². The van der Waals surface area contributed by atoms with Crippen LogP contribution in [0.3, 0.4) is 0 Å². The van der Waals surface area contributed by atoms with E-state index < -0.39 is 12.2 Å². The smallest absolute Gasteiger partial charge is 0.185 e. The normalized spacial score (nSPS) is 14.4. The highest BCUT2D eigenvalue weighted by molar-refractivity contribution is 8.13. The fraction of sp³-hybridized carbons (Fsp3) is 0.583. The van der Waals surface area contributed by atoms with Gasteiger partial charge in [0.25, 0.3) is 0 Å². The summed E-state index contributed by atoms with van der Waals surface area (Å²) in [6.07, 6.45) is -1.36. The molecule has 0 aliphatic heterocycles. The van der Waals surface area contributed by atoms with E-state index in [1.807, 2.05) is 11.4 Å². The van der Waals surface area contributed by atoms with Crippen molar-refractivity contribution >= 4 is 28.2 Å². The average Bonchev–Trinajstić information content (AvgIpc) is 2.76. The lowest BCUT2D eigenvalue weighted by atomic mass is 10.1. The molecule has 0 radical (unpaired) electrons. The maximum absolute atomic E-state index is 10.7. The molecule has 2 unspecified atom stereocenters. The van der Waals surface area contributed by atoms with Crippen molar-refractivity contribution in [2.45, 2.75) is 32.2 Å². The molecule has 18 heavy (non-hydrogen) atoms. The van der Waals surface area contributed by atoms with Crippen LogP contribution >= 0.6 is 23.1 Å². The SMILES string of the molecule is COCc1cc(C(O)C(O)CCSC(C)=O)cs1. The fourth-order valence-corrected chi connectivity index (χ4v) is 3.01. The quantitative estimate of drug-likeness (QED) is 0.803. The summed E-state index contributed by atoms with van der Waals surface area (Å²) in [5.41, 5.74) is 0.701. The van der Waals surface area contributed by atoms with Crippen molar-refractivity contribution in [2.75, 3.05) is 12.9 Å². The molecule has 1 aromatic rings. The molecule has 1 heterocycles. The molecule has 0 fully saturated rings. The highest BCUT2D eigenvalue weighted by atomic mass is 32.2. The summed E-state index contributed by atoms with van der Waals surface area (Å²) in [5.74, 6) is 0.516. The Morgan fingerprint density at radius 2 is 2.28 bits per heavy atom. The Bertz CT molecular complexity index is 378. The van der Waals surface area contributed by atoms with Crippen LogP contribution in [0.4, 0.5) is 0 Å². The van der Waals surface area contributed by atoms with Crippen LogP contribution in [0.2, 0.25) is 0 Å². The minimum atomic E-state index is -0.903. The average molecular weight is 290 g/mol. The fourth-order valence-electron chi connectivity index (χ4n) is 1.47. The molecule has 102 valence electrons. The van der Waals surface area contributed by atoms with Gasteiger partial charge in [0.15, 0.2) is 5.12 Å². The number of carbonyl (C=O) groups excluding carboxylic acids is 1. The van der Waals surface area contributed by atoms with Gasteiger partial charge < -0.3 is 14.9 Å². The van der Waals surface area contributed by atoms with Gasteiger partial charge in [0.05, 0.1) is 12.7 Å². The van der Waals surface area contributed by atoms with Gasteiger partial charge in [-0.15, -0.1) is 11.3 Å². The first-order chi connectivity index (χ1) is 8.54. The topological polar surface area (TPSA) is 66.8 Å². The molecule has 4 nitrogen and oxygen atoms in total. The Kier molecular flexibility index (Phi) is 6.88. The van der Waals surface area contributed by atoms with Crippen LogP contribution in [0.1, 0.15) is 29.9 Å². The van der Waals surface area contributed by atoms with E-state index in [2.05, 4.69) is 0 Å². The molecular formula is C12H18O4S2. The van der Waals surface area contributed by atoms with Gasteiger partial charge in [0, 0.05) is 24.7 Å². The molecule has 0 saturated heterocycles. The van der Waals surface area contributed by atoms with E-state index in [0.29, 0.717) is 24.3 Å². The number of hydrogen-bond acceptors (Lipinski definition) is 6. The Hall–Kier alpha value is -0.400. The molecule has 2 N–H and O–H groups in total. The second-order valence-electron chi connectivity index (χ2n) is 3.92. The van der Waals surface area contributed by atoms with Crippen molar-refractivity contribution < 1.29 is 19.7 Å². The van der Waals surface area contributed by atoms with Crippen molar-refractivity contribution in [1.29, 1.82) is 0 Å². The third-order valence-corrected chi connectivity index (χ3v) is 4.16. The van der Waals surface area contributed by atoms with Crippen molar-refractivity contribution in [2.24, 2.45) is 0 Å². The summed E-state index contributed by atoms with van der Waals surface area (Å²) in [7, 11) is 1.61. The monoisotopic (exact) mass is 290 g/mol. The number of carbonyl (C=O) groups is 1. The Labute approximate surface area is 115 Å². The van der Waals surface area contributed by atoms with E-state index in [-0.39, 0.29) is 5.12 Å². The lowest BCUT2D eigenvalue weighted by molar-refractivity contribution is -0.109. The second-order valence-corrected chi connectivity index (χ2v) is 6.19. The lowest BCUT2D eigenvalue weighted by Crippen LogP contribution is -2.18. The summed E-state index contributed by atoms with van der Waals surface area (Å²) >= 11 is 2.65. The zero-order chi connectivity index (χ0) is 13.5. The minimum absolute atomic E-state index is 0.0228. The minimum Gasteiger partial charge on any atom is -0.390 e. The number of aliphatic hydroxyl groups excluding tert-OH is 2. The van der Waals surface area contributed by atoms with Crippen LogP contribution in [0, 0.1) is 0 Å². The third kappa shape index (κ3) is 5.07. The zero-order valence-electron chi connectivity index (χ0n) is 10.5. The molecule has 2 atom stereocenters. The maximum atomic E-state index is 10.7. The van der Waals surface area contributed by atoms with E-state index in [1.54, 1.807) is 7.11 Å². The highest BCUT2D eigenvalue weighted by Crippen LogP contribution is 2.25. The number of methoxy groups -OCH3 is 1. The van der Waals surface area contributed by atoms with E-state index in [1.165, 1.54) is 18.3 Å². The number of aliphatic hydroxyl groups is 2. The largest absolute Gasteiger partial charge is 0.390 e. The van der Waals surface area contributed by atoms with Crippen molar-refractivity contribution in [3.63, 3.8) is 0 Å². The molecular weight excluding hydrogens is 272 g/mol. The van der Waals surface area contributed by atoms with Crippen molar-refractivity contribution in [3.05, 3.63) is 21.9 Å². The first-order valence-electron chi connectivity index (χ1n) is 5.60. The molecule has 1 aromatic heterocycles. The van der Waals surface area contributed by atoms with Gasteiger partial charge in [-0.2, -0.15) is 0 Å². The third-order valence-electron chi connectivity index (χ3n) is 2.39. The van der Waals surface area contributed by atoms with Crippen LogP contribution in [0.25, 0.3) is 0 Å². The van der Waals surface area contributed by atoms with Crippen LogP contribution in [0.5, 0.6) is 0 Å². The van der Waals surface area contributed by atoms with Gasteiger partial charge in [-0.3, -0.25) is 4.79 Å². The molecule has 0 aliphatic carbocycles. The Morgan fingerprint density at radius 1 is 1.56 bits per heavy atom. The van der Waals surface area contributed by atoms with Gasteiger partial charge in [-0.05, 0) is 23.4 Å². The molecule has 0 aromatic carbocycles. The number of thioether (sulfide) groups is 1. The van der Waals surface area contributed by atoms with Gasteiger partial charge in [-0.25, -0.2) is 0 Å². The summed E-state index contributed by atoms with van der Waals surface area (Å²) in [6.45, 7) is 2.00. The molecule has 0 amide bonds. The van der Waals surface area contributed by atoms with E-state index in [0.717, 1.165) is 16.6 Å². The van der Waals surface area contributed by atoms with Crippen LogP contribution in [-0.4, -0.2) is 34.3 Å². The summed E-state index contributed by atoms with van der Waals surface area (Å²) in [5, 5.41) is 21.6. The molecule has 0 aliphatic rings. The maximum Gasteiger partial charge on any atom is 0.185 e. The van der Waals surface area contributed by atoms with E-state index in [9.17, 15) is 15.0 Å². The van der Waals surface area contributed by atoms with Crippen LogP contribution < -0.4 is 0 Å². The molecule has 0 bridgehead atoms. The van der Waals surface area contributed by atoms with E-state index >= 15 is 0 Å². The Morgan fingerprint density at radius 3 is 2.89 bits per heavy atom. The number of ether oxygens (including phenoxy) is 1. The van der Waals surface area contributed by atoms with Gasteiger partial charge in [0.1, 0.15) is 6.10 Å². The molecule has 0 spiro atoms. The molecule has 1 rings (SSSR count). The summed E-state index contributed by atoms with van der Waals surface area (Å²) in [4.78, 5) is 11.8. The van der Waals surface area contributed by atoms with Crippen LogP contribution in [-0.2, 0) is 16.1 Å². The Balaban J connectivity index is 2.45. The summed E-state index contributed by atoms with van der Waals surface area (Å²) in [6, 6.07) is 1.83. The van der Waals surface area contributed by atoms with Crippen molar-refractivity contribution in [1.82, 2.24) is 0 Å². The first kappa shape index (κ1) is 15.7. The lowest BCUT2D eigenvalue weighted by Gasteiger charge is -2.16. The van der Waals surface area contributed by atoms with Crippen LogP contribution in [0.15, 0.2) is 11.4 Å². The van der Waals surface area contributed by atoms with Gasteiger partial charge in [-0.1, -0.05) is 11.8 Å². The first-order valence-corrected chi connectivity index (χ1v) is 7.47. The standard InChI is InChI=1S/C12H18O4S2/c1-8(13)17-4-3-11(14)12(15)9-5-10(6-16-2)18-7-9/h5,7,11-12,14-15H,3-4,6H2,1-2H3. The molecule has 6 heteroatoms. The number of rotatable bonds is 7. The predicted molar refractivity (Wildman–Crippen MR) is 73.8 cm³/mol.